The first kappa shape index (κ1) is 21.3. The fraction of sp³-hybridized carbons (Fsp3) is 0.300. The highest BCUT2D eigenvalue weighted by Gasteiger charge is 2.29. The monoisotopic (exact) mass is 426 g/mol. The lowest BCUT2D eigenvalue weighted by molar-refractivity contribution is -0.384. The van der Waals surface area contributed by atoms with Gasteiger partial charge < -0.3 is 10.1 Å². The predicted octanol–water partition coefficient (Wildman–Crippen LogP) is 3.56. The van der Waals surface area contributed by atoms with Crippen molar-refractivity contribution in [2.75, 3.05) is 18.2 Å². The second-order valence-corrected chi connectivity index (χ2v) is 7.56. The van der Waals surface area contributed by atoms with Crippen LogP contribution in [0.15, 0.2) is 29.3 Å². The summed E-state index contributed by atoms with van der Waals surface area (Å²) in [5.41, 5.74) is 1.32. The molecule has 0 aliphatic heterocycles. The number of nitro benzene ring substituents is 1. The Morgan fingerprint density at radius 1 is 1.40 bits per heavy atom. The van der Waals surface area contributed by atoms with Crippen molar-refractivity contribution in [1.82, 2.24) is 4.98 Å². The third-order valence-corrected chi connectivity index (χ3v) is 5.17. The molecule has 1 fully saturated rings. The summed E-state index contributed by atoms with van der Waals surface area (Å²) in [5.74, 6) is -1.28. The maximum Gasteiger partial charge on any atom is 0.340 e. The van der Waals surface area contributed by atoms with Crippen molar-refractivity contribution in [3.63, 3.8) is 0 Å². The number of aromatic nitrogens is 1. The molecule has 2 aromatic rings. The highest BCUT2D eigenvalue weighted by Crippen LogP contribution is 2.40. The summed E-state index contributed by atoms with van der Waals surface area (Å²) in [6.45, 7) is 1.05. The second kappa shape index (κ2) is 8.92. The van der Waals surface area contributed by atoms with Gasteiger partial charge in [-0.2, -0.15) is 5.26 Å². The summed E-state index contributed by atoms with van der Waals surface area (Å²) in [6, 6.07) is 7.89. The van der Waals surface area contributed by atoms with E-state index in [0.29, 0.717) is 10.6 Å². The average Bonchev–Trinajstić information content (AvgIpc) is 3.57. The molecule has 1 saturated carbocycles. The van der Waals surface area contributed by atoms with Crippen molar-refractivity contribution in [2.24, 2.45) is 0 Å². The molecule has 1 N–H and O–H groups in total. The Bertz CT molecular complexity index is 1080. The first-order chi connectivity index (χ1) is 14.3. The van der Waals surface area contributed by atoms with Gasteiger partial charge in [-0.05, 0) is 43.7 Å². The number of pyridine rings is 1. The van der Waals surface area contributed by atoms with E-state index in [2.05, 4.69) is 10.3 Å². The van der Waals surface area contributed by atoms with Crippen molar-refractivity contribution < 1.29 is 19.2 Å². The SMILES string of the molecule is CSc1nc(C2CC2)cc(C(=O)OCC(=O)Nc2ccc(C)cc2[N+](=O)[O-])c1C#N. The van der Waals surface area contributed by atoms with Crippen LogP contribution < -0.4 is 5.32 Å². The van der Waals surface area contributed by atoms with Gasteiger partial charge in [0.2, 0.25) is 0 Å². The number of carbonyl (C=O) groups excluding carboxylic acids is 2. The van der Waals surface area contributed by atoms with Gasteiger partial charge in [0.1, 0.15) is 16.8 Å². The molecule has 1 aliphatic carbocycles. The molecular weight excluding hydrogens is 408 g/mol. The third kappa shape index (κ3) is 4.75. The second-order valence-electron chi connectivity index (χ2n) is 6.77. The maximum absolute atomic E-state index is 12.6. The molecule has 1 aliphatic rings. The van der Waals surface area contributed by atoms with Crippen LogP contribution in [0.2, 0.25) is 0 Å². The van der Waals surface area contributed by atoms with E-state index in [1.54, 1.807) is 25.3 Å². The van der Waals surface area contributed by atoms with E-state index in [9.17, 15) is 25.0 Å². The Hall–Kier alpha value is -3.45. The average molecular weight is 426 g/mol. The molecular formula is C20H18N4O5S. The zero-order valence-electron chi connectivity index (χ0n) is 16.3. The van der Waals surface area contributed by atoms with Gasteiger partial charge in [0.25, 0.3) is 11.6 Å². The number of amides is 1. The number of nitrogens with zero attached hydrogens (tertiary/aromatic N) is 3. The number of hydrogen-bond acceptors (Lipinski definition) is 8. The minimum Gasteiger partial charge on any atom is -0.452 e. The van der Waals surface area contributed by atoms with Gasteiger partial charge in [0.05, 0.1) is 16.1 Å². The molecule has 10 heteroatoms. The lowest BCUT2D eigenvalue weighted by Crippen LogP contribution is -2.22. The fourth-order valence-electron chi connectivity index (χ4n) is 2.84. The molecule has 1 amide bonds. The summed E-state index contributed by atoms with van der Waals surface area (Å²) >= 11 is 1.26. The molecule has 0 radical (unpaired) electrons. The van der Waals surface area contributed by atoms with E-state index < -0.39 is 23.4 Å². The summed E-state index contributed by atoms with van der Waals surface area (Å²) in [4.78, 5) is 39.7. The molecule has 30 heavy (non-hydrogen) atoms. The van der Waals surface area contributed by atoms with Crippen LogP contribution in [0.1, 0.15) is 45.9 Å². The van der Waals surface area contributed by atoms with Crippen molar-refractivity contribution in [3.8, 4) is 6.07 Å². The molecule has 1 aromatic carbocycles. The summed E-state index contributed by atoms with van der Waals surface area (Å²) in [7, 11) is 0. The first-order valence-corrected chi connectivity index (χ1v) is 10.3. The van der Waals surface area contributed by atoms with Crippen LogP contribution in [0.4, 0.5) is 11.4 Å². The zero-order valence-corrected chi connectivity index (χ0v) is 17.1. The smallest absolute Gasteiger partial charge is 0.340 e. The Kier molecular flexibility index (Phi) is 6.32. The largest absolute Gasteiger partial charge is 0.452 e. The quantitative estimate of drug-likeness (QED) is 0.307. The zero-order chi connectivity index (χ0) is 21.8. The van der Waals surface area contributed by atoms with Crippen molar-refractivity contribution in [2.45, 2.75) is 30.7 Å². The first-order valence-electron chi connectivity index (χ1n) is 9.05. The Labute approximate surface area is 176 Å². The van der Waals surface area contributed by atoms with Gasteiger partial charge in [-0.3, -0.25) is 14.9 Å². The van der Waals surface area contributed by atoms with E-state index in [-0.39, 0.29) is 28.4 Å². The lowest BCUT2D eigenvalue weighted by atomic mass is 10.1. The number of rotatable bonds is 7. The molecule has 3 rings (SSSR count). The Morgan fingerprint density at radius 3 is 2.73 bits per heavy atom. The molecule has 0 unspecified atom stereocenters. The molecule has 1 heterocycles. The van der Waals surface area contributed by atoms with Gasteiger partial charge in [-0.15, -0.1) is 11.8 Å². The van der Waals surface area contributed by atoms with E-state index in [1.807, 2.05) is 6.07 Å². The number of esters is 1. The minimum atomic E-state index is -0.820. The van der Waals surface area contributed by atoms with Crippen molar-refractivity contribution in [3.05, 3.63) is 56.8 Å². The highest BCUT2D eigenvalue weighted by molar-refractivity contribution is 7.98. The molecule has 0 spiro atoms. The lowest BCUT2D eigenvalue weighted by Gasteiger charge is -2.11. The highest BCUT2D eigenvalue weighted by atomic mass is 32.2. The molecule has 154 valence electrons. The van der Waals surface area contributed by atoms with Gasteiger partial charge in [-0.25, -0.2) is 9.78 Å². The number of thioether (sulfide) groups is 1. The van der Waals surface area contributed by atoms with Gasteiger partial charge in [-0.1, -0.05) is 6.07 Å². The maximum atomic E-state index is 12.6. The van der Waals surface area contributed by atoms with Crippen LogP contribution in [0.3, 0.4) is 0 Å². The number of anilines is 1. The number of nitro groups is 1. The fourth-order valence-corrected chi connectivity index (χ4v) is 3.40. The molecule has 1 aromatic heterocycles. The summed E-state index contributed by atoms with van der Waals surface area (Å²) in [6.07, 6.45) is 3.70. The normalized spacial score (nSPS) is 12.7. The van der Waals surface area contributed by atoms with Crippen LogP contribution in [-0.2, 0) is 9.53 Å². The number of nitrogens with one attached hydrogen (secondary N) is 1. The minimum absolute atomic E-state index is 0.00830. The number of carbonyl (C=O) groups is 2. The number of nitriles is 1. The number of benzene rings is 1. The predicted molar refractivity (Wildman–Crippen MR) is 109 cm³/mol. The molecule has 0 saturated heterocycles. The van der Waals surface area contributed by atoms with E-state index >= 15 is 0 Å². The summed E-state index contributed by atoms with van der Waals surface area (Å²) < 4.78 is 5.07. The van der Waals surface area contributed by atoms with Crippen LogP contribution >= 0.6 is 11.8 Å². The van der Waals surface area contributed by atoms with Gasteiger partial charge >= 0.3 is 5.97 Å². The van der Waals surface area contributed by atoms with Crippen LogP contribution in [0.5, 0.6) is 0 Å². The van der Waals surface area contributed by atoms with Gasteiger partial charge in [0, 0.05) is 17.7 Å². The number of hydrogen-bond donors (Lipinski definition) is 1. The van der Waals surface area contributed by atoms with E-state index in [0.717, 1.165) is 18.5 Å². The van der Waals surface area contributed by atoms with E-state index in [1.165, 1.54) is 23.9 Å². The standard InChI is InChI=1S/C20H18N4O5S/c1-11-3-6-15(17(7-11)24(27)28)22-18(25)10-29-20(26)13-8-16(12-4-5-12)23-19(30-2)14(13)9-21/h3,6-8,12H,4-5,10H2,1-2H3,(H,22,25). The molecule has 9 nitrogen and oxygen atoms in total. The third-order valence-electron chi connectivity index (χ3n) is 4.49. The molecule has 0 atom stereocenters. The number of aryl methyl sites for hydroxylation is 1. The Balaban J connectivity index is 1.73. The van der Waals surface area contributed by atoms with Crippen LogP contribution in [0, 0.1) is 28.4 Å². The topological polar surface area (TPSA) is 135 Å². The Morgan fingerprint density at radius 2 is 2.13 bits per heavy atom. The van der Waals surface area contributed by atoms with E-state index in [4.69, 9.17) is 4.74 Å². The van der Waals surface area contributed by atoms with Gasteiger partial charge in [0.15, 0.2) is 6.61 Å². The van der Waals surface area contributed by atoms with Crippen molar-refractivity contribution in [1.29, 1.82) is 5.26 Å². The summed E-state index contributed by atoms with van der Waals surface area (Å²) in [5, 5.41) is 23.4. The van der Waals surface area contributed by atoms with Crippen LogP contribution in [-0.4, -0.2) is 34.6 Å². The number of ether oxygens (including phenoxy) is 1. The van der Waals surface area contributed by atoms with Crippen LogP contribution in [0.25, 0.3) is 0 Å². The van der Waals surface area contributed by atoms with Crippen molar-refractivity contribution >= 4 is 35.0 Å². The molecule has 0 bridgehead atoms.